The third kappa shape index (κ3) is 7.78. The fourth-order valence-corrected chi connectivity index (χ4v) is 1.54. The number of carboxylic acids is 1. The molecule has 0 unspecified atom stereocenters. The van der Waals surface area contributed by atoms with Gasteiger partial charge in [0.2, 0.25) is 0 Å². The molecule has 1 aromatic carbocycles. The Bertz CT molecular complexity index is 252. The van der Waals surface area contributed by atoms with Crippen molar-refractivity contribution in [1.82, 2.24) is 0 Å². The first kappa shape index (κ1) is 12.4. The van der Waals surface area contributed by atoms with E-state index in [4.69, 9.17) is 14.6 Å². The molecule has 1 rings (SSSR count). The van der Waals surface area contributed by atoms with Crippen molar-refractivity contribution in [2.75, 3.05) is 7.11 Å². The van der Waals surface area contributed by atoms with Crippen molar-refractivity contribution in [2.24, 2.45) is 0 Å². The molecule has 3 nitrogen and oxygen atoms in total. The summed E-state index contributed by atoms with van der Waals surface area (Å²) in [7, 11) is 1.69. The third-order valence-corrected chi connectivity index (χ3v) is 2.99. The standard InChI is InChI=1S/C7H7O.C2H4O2.Hg/c1-8-7-5-3-2-4-6-7;1-2(3)4;/h3-6H,1H3;1H3,(H,3,4);. The van der Waals surface area contributed by atoms with Gasteiger partial charge in [0.15, 0.2) is 0 Å². The number of methoxy groups -OCH3 is 1. The van der Waals surface area contributed by atoms with Crippen LogP contribution in [0.3, 0.4) is 0 Å². The molecule has 0 saturated heterocycles. The summed E-state index contributed by atoms with van der Waals surface area (Å²) in [5, 5.41) is 7.42. The first-order valence-corrected chi connectivity index (χ1v) is 6.46. The van der Waals surface area contributed by atoms with Crippen LogP contribution in [-0.4, -0.2) is 18.2 Å². The summed E-state index contributed by atoms with van der Waals surface area (Å²) >= 11 is 0.744. The summed E-state index contributed by atoms with van der Waals surface area (Å²) in [6.45, 7) is 1.08. The topological polar surface area (TPSA) is 46.5 Å². The Balaban J connectivity index is 0.000000310. The van der Waals surface area contributed by atoms with Crippen molar-refractivity contribution >= 4 is 9.04 Å². The average molecular weight is 368 g/mol. The maximum atomic E-state index is 9.00. The number of carboxylic acid groups (broad SMARTS) is 1. The Labute approximate surface area is 93.7 Å². The van der Waals surface area contributed by atoms with Crippen molar-refractivity contribution in [2.45, 2.75) is 6.92 Å². The van der Waals surface area contributed by atoms with Crippen LogP contribution < -0.4 is 7.81 Å². The van der Waals surface area contributed by atoms with Crippen LogP contribution in [0.15, 0.2) is 24.3 Å². The predicted octanol–water partition coefficient (Wildman–Crippen LogP) is 0.958. The molecule has 0 atom stereocenters. The van der Waals surface area contributed by atoms with E-state index in [2.05, 4.69) is 12.1 Å². The summed E-state index contributed by atoms with van der Waals surface area (Å²) in [6, 6.07) is 8.23. The van der Waals surface area contributed by atoms with Gasteiger partial charge < -0.3 is 5.11 Å². The van der Waals surface area contributed by atoms with Crippen LogP contribution in [0.5, 0.6) is 5.75 Å². The molecule has 0 aliphatic heterocycles. The quantitative estimate of drug-likeness (QED) is 0.752. The van der Waals surface area contributed by atoms with E-state index in [9.17, 15) is 0 Å². The Morgan fingerprint density at radius 1 is 1.38 bits per heavy atom. The van der Waals surface area contributed by atoms with E-state index in [-0.39, 0.29) is 0 Å². The summed E-state index contributed by atoms with van der Waals surface area (Å²) in [6.07, 6.45) is 0. The van der Waals surface area contributed by atoms with Crippen LogP contribution >= 0.6 is 0 Å². The minimum absolute atomic E-state index is 0.744. The molecule has 0 spiro atoms. The zero-order chi connectivity index (χ0) is 10.3. The van der Waals surface area contributed by atoms with Gasteiger partial charge in [0, 0.05) is 6.92 Å². The zero-order valence-electron chi connectivity index (χ0n) is 7.78. The molecule has 67 valence electrons. The normalized spacial score (nSPS) is 8.31. The number of ether oxygens (including phenoxy) is 1. The zero-order valence-corrected chi connectivity index (χ0v) is 13.3. The van der Waals surface area contributed by atoms with Gasteiger partial charge in [-0.1, -0.05) is 0 Å². The fraction of sp³-hybridized carbons (Fsp3) is 0.222. The number of hydrogen-bond acceptors (Lipinski definition) is 2. The molecule has 1 N–H and O–H groups in total. The van der Waals surface area contributed by atoms with Gasteiger partial charge in [-0.15, -0.1) is 0 Å². The number of benzene rings is 1. The van der Waals surface area contributed by atoms with Crippen molar-refractivity contribution in [1.29, 1.82) is 0 Å². The third-order valence-electron chi connectivity index (χ3n) is 1.16. The monoisotopic (exact) mass is 369 g/mol. The van der Waals surface area contributed by atoms with Crippen molar-refractivity contribution in [3.8, 4) is 5.75 Å². The van der Waals surface area contributed by atoms with E-state index in [1.54, 1.807) is 7.11 Å². The second-order valence-corrected chi connectivity index (χ2v) is 5.54. The molecule has 0 aromatic heterocycles. The first-order valence-electron chi connectivity index (χ1n) is 3.72. The number of carbonyl (C=O) groups is 1. The summed E-state index contributed by atoms with van der Waals surface area (Å²) in [5.41, 5.74) is 0. The second kappa shape index (κ2) is 6.89. The van der Waals surface area contributed by atoms with Crippen molar-refractivity contribution in [3.05, 3.63) is 24.3 Å². The summed E-state index contributed by atoms with van der Waals surface area (Å²) in [5.74, 6) is 0.115. The molecule has 13 heavy (non-hydrogen) atoms. The van der Waals surface area contributed by atoms with E-state index in [1.807, 2.05) is 12.1 Å². The predicted molar refractivity (Wildman–Crippen MR) is 45.9 cm³/mol. The Hall–Kier alpha value is -0.575. The number of hydrogen-bond donors (Lipinski definition) is 1. The van der Waals surface area contributed by atoms with Crippen molar-refractivity contribution in [3.63, 3.8) is 0 Å². The van der Waals surface area contributed by atoms with Crippen LogP contribution in [0.1, 0.15) is 6.92 Å². The van der Waals surface area contributed by atoms with Crippen LogP contribution in [0.4, 0.5) is 0 Å². The van der Waals surface area contributed by atoms with Gasteiger partial charge in [0.1, 0.15) is 0 Å². The van der Waals surface area contributed by atoms with E-state index in [0.29, 0.717) is 0 Å². The molecule has 4 heteroatoms. The van der Waals surface area contributed by atoms with E-state index >= 15 is 0 Å². The van der Waals surface area contributed by atoms with Gasteiger partial charge in [-0.05, 0) is 0 Å². The molecule has 0 amide bonds. The van der Waals surface area contributed by atoms with Gasteiger partial charge in [0.25, 0.3) is 5.97 Å². The van der Waals surface area contributed by atoms with Gasteiger partial charge >= 0.3 is 71.1 Å². The minimum atomic E-state index is -0.833. The molecule has 1 aromatic rings. The molecule has 0 aliphatic rings. The molecule has 0 heterocycles. The SMILES string of the molecule is CC(=O)O.COc1cc[c]([Hg])cc1. The molecular weight excluding hydrogens is 357 g/mol. The number of rotatable bonds is 1. The van der Waals surface area contributed by atoms with Gasteiger partial charge in [-0.3, -0.25) is 4.79 Å². The van der Waals surface area contributed by atoms with E-state index in [1.165, 1.54) is 3.07 Å². The molecule has 0 aliphatic carbocycles. The van der Waals surface area contributed by atoms with Crippen LogP contribution in [0.25, 0.3) is 0 Å². The molecule has 0 radical (unpaired) electrons. The molecule has 0 saturated carbocycles. The Morgan fingerprint density at radius 2 is 1.77 bits per heavy atom. The fourth-order valence-electron chi connectivity index (χ4n) is 0.626. The van der Waals surface area contributed by atoms with E-state index < -0.39 is 5.97 Å². The maximum absolute atomic E-state index is 9.00. The van der Waals surface area contributed by atoms with Crippen molar-refractivity contribution < 1.29 is 40.8 Å². The Kier molecular flexibility index (Phi) is 6.58. The van der Waals surface area contributed by atoms with Crippen LogP contribution in [0, 0.1) is 0 Å². The van der Waals surface area contributed by atoms with E-state index in [0.717, 1.165) is 38.8 Å². The molecular formula is C9H11HgO3. The first-order chi connectivity index (χ1) is 6.06. The molecule has 0 bridgehead atoms. The average Bonchev–Trinajstić information content (AvgIpc) is 2.05. The number of aliphatic carboxylic acids is 1. The second-order valence-electron chi connectivity index (χ2n) is 2.37. The van der Waals surface area contributed by atoms with Crippen LogP contribution in [-0.2, 0) is 30.9 Å². The Morgan fingerprint density at radius 3 is 2.08 bits per heavy atom. The summed E-state index contributed by atoms with van der Waals surface area (Å²) in [4.78, 5) is 9.00. The van der Waals surface area contributed by atoms with Crippen LogP contribution in [0.2, 0.25) is 0 Å². The van der Waals surface area contributed by atoms with Gasteiger partial charge in [0.05, 0.1) is 0 Å². The van der Waals surface area contributed by atoms with Gasteiger partial charge in [-0.2, -0.15) is 0 Å². The van der Waals surface area contributed by atoms with Gasteiger partial charge in [-0.25, -0.2) is 0 Å². The molecule has 0 fully saturated rings. The summed E-state index contributed by atoms with van der Waals surface area (Å²) < 4.78 is 6.45.